The Morgan fingerprint density at radius 2 is 1.81 bits per heavy atom. The molecule has 0 fully saturated rings. The molecule has 0 amide bonds. The zero-order chi connectivity index (χ0) is 15.1. The van der Waals surface area contributed by atoms with Gasteiger partial charge in [0.1, 0.15) is 18.5 Å². The van der Waals surface area contributed by atoms with E-state index >= 15 is 0 Å². The molecular formula is C16H17Cl2NO2. The van der Waals surface area contributed by atoms with E-state index in [1.54, 1.807) is 24.3 Å². The van der Waals surface area contributed by atoms with Crippen molar-refractivity contribution in [3.63, 3.8) is 0 Å². The van der Waals surface area contributed by atoms with Gasteiger partial charge in [-0.2, -0.15) is 0 Å². The van der Waals surface area contributed by atoms with Crippen molar-refractivity contribution in [2.24, 2.45) is 0 Å². The zero-order valence-electron chi connectivity index (χ0n) is 11.4. The molecular weight excluding hydrogens is 309 g/mol. The third-order valence-electron chi connectivity index (χ3n) is 2.85. The highest BCUT2D eigenvalue weighted by Gasteiger charge is 2.05. The Hall–Kier alpha value is -1.26. The minimum Gasteiger partial charge on any atom is -0.491 e. The molecule has 0 aliphatic heterocycles. The summed E-state index contributed by atoms with van der Waals surface area (Å²) in [6.07, 6.45) is -0.583. The van der Waals surface area contributed by atoms with E-state index in [0.717, 1.165) is 5.56 Å². The number of ether oxygens (including phenoxy) is 1. The molecule has 2 aromatic rings. The molecule has 5 heteroatoms. The SMILES string of the molecule is OC(CNCc1cccc(Cl)c1)COc1ccc(Cl)cc1. The van der Waals surface area contributed by atoms with Crippen molar-refractivity contribution in [2.75, 3.05) is 13.2 Å². The second kappa shape index (κ2) is 8.25. The van der Waals surface area contributed by atoms with Gasteiger partial charge in [0.25, 0.3) is 0 Å². The average molecular weight is 326 g/mol. The summed E-state index contributed by atoms with van der Waals surface area (Å²) in [7, 11) is 0. The van der Waals surface area contributed by atoms with Gasteiger partial charge in [0.15, 0.2) is 0 Å². The normalized spacial score (nSPS) is 12.1. The van der Waals surface area contributed by atoms with Crippen LogP contribution in [-0.4, -0.2) is 24.4 Å². The molecule has 0 heterocycles. The van der Waals surface area contributed by atoms with E-state index < -0.39 is 6.10 Å². The zero-order valence-corrected chi connectivity index (χ0v) is 12.9. The largest absolute Gasteiger partial charge is 0.491 e. The van der Waals surface area contributed by atoms with Crippen molar-refractivity contribution in [1.29, 1.82) is 0 Å². The third kappa shape index (κ3) is 5.94. The smallest absolute Gasteiger partial charge is 0.119 e. The number of aliphatic hydroxyl groups excluding tert-OH is 1. The molecule has 0 saturated heterocycles. The topological polar surface area (TPSA) is 41.5 Å². The maximum Gasteiger partial charge on any atom is 0.119 e. The van der Waals surface area contributed by atoms with E-state index in [9.17, 15) is 5.11 Å². The molecule has 0 radical (unpaired) electrons. The Morgan fingerprint density at radius 1 is 1.05 bits per heavy atom. The summed E-state index contributed by atoms with van der Waals surface area (Å²) in [4.78, 5) is 0. The van der Waals surface area contributed by atoms with Crippen molar-refractivity contribution in [3.8, 4) is 5.75 Å². The highest BCUT2D eigenvalue weighted by Crippen LogP contribution is 2.15. The number of benzene rings is 2. The van der Waals surface area contributed by atoms with E-state index in [2.05, 4.69) is 5.32 Å². The van der Waals surface area contributed by atoms with Crippen LogP contribution in [0.4, 0.5) is 0 Å². The quantitative estimate of drug-likeness (QED) is 0.818. The Balaban J connectivity index is 1.67. The fourth-order valence-electron chi connectivity index (χ4n) is 1.81. The minimum atomic E-state index is -0.583. The summed E-state index contributed by atoms with van der Waals surface area (Å²) in [6, 6.07) is 14.7. The number of halogens is 2. The number of rotatable bonds is 7. The molecule has 0 saturated carbocycles. The van der Waals surface area contributed by atoms with Gasteiger partial charge in [-0.1, -0.05) is 35.3 Å². The number of hydrogen-bond donors (Lipinski definition) is 2. The second-order valence-corrected chi connectivity index (χ2v) is 5.55. The van der Waals surface area contributed by atoms with Gasteiger partial charge in [0.05, 0.1) is 0 Å². The number of nitrogens with one attached hydrogen (secondary N) is 1. The molecule has 21 heavy (non-hydrogen) atoms. The van der Waals surface area contributed by atoms with Crippen molar-refractivity contribution in [1.82, 2.24) is 5.32 Å². The standard InChI is InChI=1S/C16H17Cl2NO2/c17-13-4-6-16(7-5-13)21-11-15(20)10-19-9-12-2-1-3-14(18)8-12/h1-8,15,19-20H,9-11H2. The predicted molar refractivity (Wildman–Crippen MR) is 86.1 cm³/mol. The van der Waals surface area contributed by atoms with Crippen molar-refractivity contribution < 1.29 is 9.84 Å². The van der Waals surface area contributed by atoms with Gasteiger partial charge < -0.3 is 15.2 Å². The van der Waals surface area contributed by atoms with E-state index in [1.165, 1.54) is 0 Å². The summed E-state index contributed by atoms with van der Waals surface area (Å²) >= 11 is 11.7. The summed E-state index contributed by atoms with van der Waals surface area (Å²) < 4.78 is 5.47. The highest BCUT2D eigenvalue weighted by atomic mass is 35.5. The first-order valence-electron chi connectivity index (χ1n) is 6.65. The first-order valence-corrected chi connectivity index (χ1v) is 7.40. The minimum absolute atomic E-state index is 0.226. The van der Waals surface area contributed by atoms with Gasteiger partial charge in [0.2, 0.25) is 0 Å². The van der Waals surface area contributed by atoms with Crippen LogP contribution in [0.5, 0.6) is 5.75 Å². The summed E-state index contributed by atoms with van der Waals surface area (Å²) in [5.74, 6) is 0.688. The Morgan fingerprint density at radius 3 is 2.52 bits per heavy atom. The molecule has 3 nitrogen and oxygen atoms in total. The third-order valence-corrected chi connectivity index (χ3v) is 3.34. The Kier molecular flexibility index (Phi) is 6.33. The van der Waals surface area contributed by atoms with Gasteiger partial charge in [-0.05, 0) is 42.0 Å². The molecule has 0 bridgehead atoms. The average Bonchev–Trinajstić information content (AvgIpc) is 2.47. The molecule has 2 rings (SSSR count). The van der Waals surface area contributed by atoms with Crippen LogP contribution in [0.25, 0.3) is 0 Å². The maximum absolute atomic E-state index is 9.86. The van der Waals surface area contributed by atoms with E-state index in [4.69, 9.17) is 27.9 Å². The molecule has 0 aromatic heterocycles. The van der Waals surface area contributed by atoms with Crippen LogP contribution < -0.4 is 10.1 Å². The van der Waals surface area contributed by atoms with Crippen LogP contribution in [0.15, 0.2) is 48.5 Å². The summed E-state index contributed by atoms with van der Waals surface area (Å²) in [5, 5.41) is 14.4. The van der Waals surface area contributed by atoms with E-state index in [-0.39, 0.29) is 6.61 Å². The van der Waals surface area contributed by atoms with Gasteiger partial charge >= 0.3 is 0 Å². The molecule has 2 N–H and O–H groups in total. The van der Waals surface area contributed by atoms with Gasteiger partial charge in [0, 0.05) is 23.1 Å². The fraction of sp³-hybridized carbons (Fsp3) is 0.250. The first-order chi connectivity index (χ1) is 10.1. The molecule has 1 unspecified atom stereocenters. The van der Waals surface area contributed by atoms with Gasteiger partial charge in [-0.15, -0.1) is 0 Å². The molecule has 0 aliphatic carbocycles. The van der Waals surface area contributed by atoms with Gasteiger partial charge in [-0.3, -0.25) is 0 Å². The fourth-order valence-corrected chi connectivity index (χ4v) is 2.15. The van der Waals surface area contributed by atoms with Crippen LogP contribution in [0.2, 0.25) is 10.0 Å². The monoisotopic (exact) mass is 325 g/mol. The van der Waals surface area contributed by atoms with Crippen LogP contribution in [0.3, 0.4) is 0 Å². The Labute approximate surface area is 134 Å². The number of aliphatic hydroxyl groups is 1. The lowest BCUT2D eigenvalue weighted by molar-refractivity contribution is 0.106. The molecule has 0 aliphatic rings. The molecule has 1 atom stereocenters. The summed E-state index contributed by atoms with van der Waals surface area (Å²) in [5.41, 5.74) is 1.08. The van der Waals surface area contributed by atoms with Crippen LogP contribution in [0, 0.1) is 0 Å². The van der Waals surface area contributed by atoms with Crippen molar-refractivity contribution >= 4 is 23.2 Å². The van der Waals surface area contributed by atoms with E-state index in [1.807, 2.05) is 24.3 Å². The summed E-state index contributed by atoms with van der Waals surface area (Å²) in [6.45, 7) is 1.32. The van der Waals surface area contributed by atoms with Gasteiger partial charge in [-0.25, -0.2) is 0 Å². The lowest BCUT2D eigenvalue weighted by Crippen LogP contribution is -2.31. The van der Waals surface area contributed by atoms with E-state index in [0.29, 0.717) is 28.9 Å². The lowest BCUT2D eigenvalue weighted by atomic mass is 10.2. The lowest BCUT2D eigenvalue weighted by Gasteiger charge is -2.13. The maximum atomic E-state index is 9.86. The van der Waals surface area contributed by atoms with Crippen molar-refractivity contribution in [2.45, 2.75) is 12.6 Å². The molecule has 0 spiro atoms. The highest BCUT2D eigenvalue weighted by molar-refractivity contribution is 6.30. The molecule has 112 valence electrons. The van der Waals surface area contributed by atoms with Crippen LogP contribution in [0.1, 0.15) is 5.56 Å². The first kappa shape index (κ1) is 16.1. The van der Waals surface area contributed by atoms with Crippen LogP contribution >= 0.6 is 23.2 Å². The molecule has 2 aromatic carbocycles. The predicted octanol–water partition coefficient (Wildman–Crippen LogP) is 3.52. The van der Waals surface area contributed by atoms with Crippen molar-refractivity contribution in [3.05, 3.63) is 64.1 Å². The van der Waals surface area contributed by atoms with Crippen LogP contribution in [-0.2, 0) is 6.54 Å². The Bertz CT molecular complexity index is 560. The number of hydrogen-bond acceptors (Lipinski definition) is 3. The second-order valence-electron chi connectivity index (χ2n) is 4.68.